The molecule has 0 saturated carbocycles. The van der Waals surface area contributed by atoms with Gasteiger partial charge in [-0.2, -0.15) is 13.2 Å². The van der Waals surface area contributed by atoms with Gasteiger partial charge in [-0.25, -0.2) is 0 Å². The standard InChI is InChI=1S/C24H26ClF3N2O3/c25-21-6-5-19(31)12-17(21)11-18(22(32)29-15-24(26,27)28)13-30-9-7-23(8-10-30)20-4-2-1-3-16(20)14-33-23/h1-6,12,18,31H,7-11,13-15H2,(H,29,32). The SMILES string of the molecule is O=C(NCC(F)(F)F)C(Cc1cc(O)ccc1Cl)CN1CCC2(CC1)OCc1ccccc12. The highest BCUT2D eigenvalue weighted by molar-refractivity contribution is 6.31. The Kier molecular flexibility index (Phi) is 6.88. The maximum absolute atomic E-state index is 12.7. The van der Waals surface area contributed by atoms with Crippen LogP contribution in [0.15, 0.2) is 42.5 Å². The van der Waals surface area contributed by atoms with Gasteiger partial charge >= 0.3 is 6.18 Å². The first-order valence-electron chi connectivity index (χ1n) is 10.9. The number of ether oxygens (including phenoxy) is 1. The van der Waals surface area contributed by atoms with Gasteiger partial charge in [0.1, 0.15) is 12.3 Å². The summed E-state index contributed by atoms with van der Waals surface area (Å²) in [4.78, 5) is 14.8. The van der Waals surface area contributed by atoms with E-state index in [0.29, 0.717) is 30.3 Å². The van der Waals surface area contributed by atoms with Crippen LogP contribution < -0.4 is 5.32 Å². The first kappa shape index (κ1) is 23.9. The van der Waals surface area contributed by atoms with Crippen molar-refractivity contribution in [2.24, 2.45) is 5.92 Å². The lowest BCUT2D eigenvalue weighted by Gasteiger charge is -2.40. The van der Waals surface area contributed by atoms with Gasteiger partial charge in [-0.1, -0.05) is 35.9 Å². The van der Waals surface area contributed by atoms with Crippen LogP contribution in [0.25, 0.3) is 0 Å². The number of fused-ring (bicyclic) bond motifs is 2. The fraction of sp³-hybridized carbons (Fsp3) is 0.458. The van der Waals surface area contributed by atoms with Crippen molar-refractivity contribution in [1.82, 2.24) is 10.2 Å². The molecule has 2 heterocycles. The number of likely N-dealkylation sites (tertiary alicyclic amines) is 1. The van der Waals surface area contributed by atoms with Gasteiger partial charge in [0.2, 0.25) is 5.91 Å². The molecule has 5 nitrogen and oxygen atoms in total. The second kappa shape index (κ2) is 9.52. The summed E-state index contributed by atoms with van der Waals surface area (Å²) in [5.41, 5.74) is 2.57. The van der Waals surface area contributed by atoms with Gasteiger partial charge in [0.05, 0.1) is 18.1 Å². The minimum atomic E-state index is -4.49. The van der Waals surface area contributed by atoms with Gasteiger partial charge < -0.3 is 20.1 Å². The summed E-state index contributed by atoms with van der Waals surface area (Å²) in [6.45, 7) is 0.794. The van der Waals surface area contributed by atoms with Gasteiger partial charge in [-0.05, 0) is 54.2 Å². The molecule has 2 aromatic carbocycles. The number of halogens is 4. The molecular formula is C24H26ClF3N2O3. The number of carbonyl (C=O) groups is 1. The zero-order valence-corrected chi connectivity index (χ0v) is 18.8. The predicted molar refractivity (Wildman–Crippen MR) is 118 cm³/mol. The van der Waals surface area contributed by atoms with Gasteiger partial charge in [-0.3, -0.25) is 4.79 Å². The van der Waals surface area contributed by atoms with Crippen LogP contribution in [0.5, 0.6) is 5.75 Å². The van der Waals surface area contributed by atoms with Gasteiger partial charge in [-0.15, -0.1) is 0 Å². The van der Waals surface area contributed by atoms with E-state index in [9.17, 15) is 23.1 Å². The van der Waals surface area contributed by atoms with Crippen molar-refractivity contribution in [3.05, 3.63) is 64.2 Å². The van der Waals surface area contributed by atoms with E-state index in [2.05, 4.69) is 17.0 Å². The number of aromatic hydroxyl groups is 1. The minimum absolute atomic E-state index is 0.0131. The number of piperidine rings is 1. The number of benzene rings is 2. The number of nitrogens with zero attached hydrogens (tertiary/aromatic N) is 1. The van der Waals surface area contributed by atoms with Crippen LogP contribution in [-0.2, 0) is 28.2 Å². The lowest BCUT2D eigenvalue weighted by Crippen LogP contribution is -2.47. The Balaban J connectivity index is 1.45. The predicted octanol–water partition coefficient (Wildman–Crippen LogP) is 4.40. The molecule has 1 atom stereocenters. The molecule has 33 heavy (non-hydrogen) atoms. The smallest absolute Gasteiger partial charge is 0.405 e. The molecule has 1 amide bonds. The Labute approximate surface area is 195 Å². The maximum Gasteiger partial charge on any atom is 0.405 e. The fourth-order valence-corrected chi connectivity index (χ4v) is 4.96. The summed E-state index contributed by atoms with van der Waals surface area (Å²) in [5.74, 6) is -1.45. The quantitative estimate of drug-likeness (QED) is 0.640. The highest BCUT2D eigenvalue weighted by atomic mass is 35.5. The van der Waals surface area contributed by atoms with Crippen LogP contribution >= 0.6 is 11.6 Å². The van der Waals surface area contributed by atoms with Crippen molar-refractivity contribution >= 4 is 17.5 Å². The Morgan fingerprint density at radius 2 is 1.94 bits per heavy atom. The molecule has 178 valence electrons. The Morgan fingerprint density at radius 1 is 1.21 bits per heavy atom. The van der Waals surface area contributed by atoms with E-state index < -0.39 is 24.5 Å². The van der Waals surface area contributed by atoms with Crippen molar-refractivity contribution in [1.29, 1.82) is 0 Å². The van der Waals surface area contributed by atoms with Gasteiger partial charge in [0, 0.05) is 24.7 Å². The third kappa shape index (κ3) is 5.62. The molecular weight excluding hydrogens is 457 g/mol. The summed E-state index contributed by atoms with van der Waals surface area (Å²) < 4.78 is 44.2. The Hall–Kier alpha value is -2.29. The first-order chi connectivity index (χ1) is 15.7. The zero-order valence-electron chi connectivity index (χ0n) is 18.0. The number of nitrogens with one attached hydrogen (secondary N) is 1. The first-order valence-corrected chi connectivity index (χ1v) is 11.3. The van der Waals surface area contributed by atoms with Crippen molar-refractivity contribution in [2.45, 2.75) is 37.6 Å². The van der Waals surface area contributed by atoms with Crippen molar-refractivity contribution in [2.75, 3.05) is 26.2 Å². The average Bonchev–Trinajstić information content (AvgIpc) is 3.13. The van der Waals surface area contributed by atoms with E-state index in [1.807, 2.05) is 17.4 Å². The number of carbonyl (C=O) groups excluding carboxylic acids is 1. The van der Waals surface area contributed by atoms with Crippen LogP contribution in [0.4, 0.5) is 13.2 Å². The summed E-state index contributed by atoms with van der Waals surface area (Å²) in [7, 11) is 0. The molecule has 2 aliphatic heterocycles. The molecule has 1 spiro atoms. The second-order valence-electron chi connectivity index (χ2n) is 8.75. The summed E-state index contributed by atoms with van der Waals surface area (Å²) in [6.07, 6.45) is -2.88. The third-order valence-corrected chi connectivity index (χ3v) is 6.85. The van der Waals surface area contributed by atoms with E-state index in [1.165, 1.54) is 29.3 Å². The Bertz CT molecular complexity index is 1010. The normalized spacial score (nSPS) is 18.8. The van der Waals surface area contributed by atoms with E-state index in [1.54, 1.807) is 0 Å². The van der Waals surface area contributed by atoms with Gasteiger partial charge in [0.25, 0.3) is 0 Å². The number of hydrogen-bond acceptors (Lipinski definition) is 4. The molecule has 0 radical (unpaired) electrons. The van der Waals surface area contributed by atoms with E-state index in [-0.39, 0.29) is 24.3 Å². The molecule has 2 N–H and O–H groups in total. The van der Waals surface area contributed by atoms with Crippen molar-refractivity contribution in [3.8, 4) is 5.75 Å². The zero-order chi connectivity index (χ0) is 23.6. The second-order valence-corrected chi connectivity index (χ2v) is 9.16. The highest BCUT2D eigenvalue weighted by Gasteiger charge is 2.43. The van der Waals surface area contributed by atoms with Crippen LogP contribution in [0.2, 0.25) is 5.02 Å². The molecule has 9 heteroatoms. The van der Waals surface area contributed by atoms with Crippen LogP contribution in [0, 0.1) is 5.92 Å². The summed E-state index contributed by atoms with van der Waals surface area (Å²) in [6, 6.07) is 12.5. The molecule has 1 fully saturated rings. The lowest BCUT2D eigenvalue weighted by atomic mass is 9.83. The fourth-order valence-electron chi connectivity index (χ4n) is 4.76. The number of rotatable bonds is 6. The molecule has 4 rings (SSSR count). The van der Waals surface area contributed by atoms with E-state index in [4.69, 9.17) is 16.3 Å². The van der Waals surface area contributed by atoms with E-state index in [0.717, 1.165) is 12.8 Å². The van der Waals surface area contributed by atoms with Crippen molar-refractivity contribution in [3.63, 3.8) is 0 Å². The number of amides is 1. The number of phenolic OH excluding ortho intramolecular Hbond substituents is 1. The lowest BCUT2D eigenvalue weighted by molar-refractivity contribution is -0.141. The molecule has 2 aliphatic rings. The van der Waals surface area contributed by atoms with Gasteiger partial charge in [0.15, 0.2) is 0 Å². The topological polar surface area (TPSA) is 61.8 Å². The molecule has 2 aromatic rings. The summed E-state index contributed by atoms with van der Waals surface area (Å²) >= 11 is 6.21. The van der Waals surface area contributed by atoms with Crippen molar-refractivity contribution < 1.29 is 27.8 Å². The number of phenols is 1. The Morgan fingerprint density at radius 3 is 2.67 bits per heavy atom. The molecule has 0 aliphatic carbocycles. The minimum Gasteiger partial charge on any atom is -0.508 e. The molecule has 0 aromatic heterocycles. The monoisotopic (exact) mass is 482 g/mol. The molecule has 1 unspecified atom stereocenters. The van der Waals surface area contributed by atoms with Crippen LogP contribution in [-0.4, -0.2) is 48.3 Å². The number of hydrogen-bond donors (Lipinski definition) is 2. The molecule has 1 saturated heterocycles. The van der Waals surface area contributed by atoms with E-state index >= 15 is 0 Å². The largest absolute Gasteiger partial charge is 0.508 e. The van der Waals surface area contributed by atoms with Crippen LogP contribution in [0.1, 0.15) is 29.5 Å². The maximum atomic E-state index is 12.7. The highest BCUT2D eigenvalue weighted by Crippen LogP contribution is 2.44. The van der Waals surface area contributed by atoms with Crippen LogP contribution in [0.3, 0.4) is 0 Å². The third-order valence-electron chi connectivity index (χ3n) is 6.48. The summed E-state index contributed by atoms with van der Waals surface area (Å²) in [5, 5.41) is 12.1. The number of alkyl halides is 3. The average molecular weight is 483 g/mol. The molecule has 0 bridgehead atoms.